The molecule has 0 aliphatic carbocycles. The van der Waals surface area contributed by atoms with Gasteiger partial charge in [0, 0.05) is 51.3 Å². The molecule has 0 atom stereocenters. The van der Waals surface area contributed by atoms with Crippen molar-refractivity contribution in [2.45, 2.75) is 26.6 Å². The topological polar surface area (TPSA) is 84.3 Å². The summed E-state index contributed by atoms with van der Waals surface area (Å²) in [4.78, 5) is 23.3. The summed E-state index contributed by atoms with van der Waals surface area (Å²) in [6.45, 7) is 7.25. The van der Waals surface area contributed by atoms with Gasteiger partial charge in [-0.1, -0.05) is 24.3 Å². The summed E-state index contributed by atoms with van der Waals surface area (Å²) < 4.78 is 7.32. The Balaban J connectivity index is 1.26. The lowest BCUT2D eigenvalue weighted by molar-refractivity contribution is 0.0342. The first kappa shape index (κ1) is 21.0. The molecule has 2 N–H and O–H groups in total. The van der Waals surface area contributed by atoms with Crippen LogP contribution < -0.4 is 10.6 Å². The highest BCUT2D eigenvalue weighted by atomic mass is 16.5. The average Bonchev–Trinajstić information content (AvgIpc) is 3.23. The fourth-order valence-electron chi connectivity index (χ4n) is 3.60. The smallest absolute Gasteiger partial charge is 0.315 e. The van der Waals surface area contributed by atoms with Gasteiger partial charge in [-0.15, -0.1) is 0 Å². The molecule has 1 aliphatic heterocycles. The monoisotopic (exact) mass is 420 g/mol. The Bertz CT molecular complexity index is 1010. The van der Waals surface area contributed by atoms with Crippen molar-refractivity contribution >= 4 is 6.03 Å². The van der Waals surface area contributed by atoms with E-state index < -0.39 is 0 Å². The van der Waals surface area contributed by atoms with E-state index in [-0.39, 0.29) is 6.03 Å². The summed E-state index contributed by atoms with van der Waals surface area (Å²) in [6, 6.07) is 12.0. The summed E-state index contributed by atoms with van der Waals surface area (Å²) in [5, 5.41) is 5.85. The van der Waals surface area contributed by atoms with Crippen molar-refractivity contribution < 1.29 is 9.53 Å². The van der Waals surface area contributed by atoms with Gasteiger partial charge < -0.3 is 15.4 Å². The maximum atomic E-state index is 12.3. The standard InChI is InChI=1S/C23H28N6O2/c1-18-24-7-8-29(18)22-14-20(5-6-25-22)16-27-23(30)26-15-19-3-2-4-21(13-19)17-28-9-11-31-12-10-28/h2-8,13-14H,9-12,15-17H2,1H3,(H2,26,27,30). The van der Waals surface area contributed by atoms with Gasteiger partial charge in [-0.3, -0.25) is 9.47 Å². The van der Waals surface area contributed by atoms with E-state index in [1.807, 2.05) is 42.0 Å². The molecule has 3 heterocycles. The van der Waals surface area contributed by atoms with Crippen LogP contribution in [0.3, 0.4) is 0 Å². The Hall–Kier alpha value is -3.23. The number of benzene rings is 1. The first-order valence-electron chi connectivity index (χ1n) is 10.5. The molecule has 1 aromatic carbocycles. The molecule has 0 bridgehead atoms. The second-order valence-corrected chi connectivity index (χ2v) is 7.61. The van der Waals surface area contributed by atoms with Gasteiger partial charge >= 0.3 is 6.03 Å². The van der Waals surface area contributed by atoms with Gasteiger partial charge in [0.2, 0.25) is 0 Å². The Labute approximate surface area is 182 Å². The van der Waals surface area contributed by atoms with Crippen molar-refractivity contribution in [3.8, 4) is 5.82 Å². The largest absolute Gasteiger partial charge is 0.379 e. The van der Waals surface area contributed by atoms with Crippen LogP contribution in [-0.4, -0.2) is 51.8 Å². The molecule has 0 saturated carbocycles. The highest BCUT2D eigenvalue weighted by molar-refractivity contribution is 5.73. The van der Waals surface area contributed by atoms with Gasteiger partial charge in [-0.2, -0.15) is 0 Å². The molecule has 0 spiro atoms. The first-order valence-corrected chi connectivity index (χ1v) is 10.5. The number of carbonyl (C=O) groups is 1. The lowest BCUT2D eigenvalue weighted by atomic mass is 10.1. The van der Waals surface area contributed by atoms with E-state index in [0.29, 0.717) is 13.1 Å². The SMILES string of the molecule is Cc1nccn1-c1cc(CNC(=O)NCc2cccc(CN3CCOCC3)c2)ccn1. The number of hydrogen-bond donors (Lipinski definition) is 2. The third-order valence-electron chi connectivity index (χ3n) is 5.29. The summed E-state index contributed by atoms with van der Waals surface area (Å²) in [6.07, 6.45) is 5.35. The normalized spacial score (nSPS) is 14.4. The number of nitrogens with one attached hydrogen (secondary N) is 2. The Morgan fingerprint density at radius 2 is 1.74 bits per heavy atom. The number of nitrogens with zero attached hydrogens (tertiary/aromatic N) is 4. The number of morpholine rings is 1. The minimum absolute atomic E-state index is 0.198. The molecule has 8 heteroatoms. The molecular formula is C23H28N6O2. The molecule has 0 unspecified atom stereocenters. The molecule has 8 nitrogen and oxygen atoms in total. The zero-order chi connectivity index (χ0) is 21.5. The van der Waals surface area contributed by atoms with Gasteiger partial charge in [0.15, 0.2) is 0 Å². The van der Waals surface area contributed by atoms with E-state index in [1.165, 1.54) is 5.56 Å². The second-order valence-electron chi connectivity index (χ2n) is 7.61. The predicted octanol–water partition coefficient (Wildman–Crippen LogP) is 2.41. The van der Waals surface area contributed by atoms with Gasteiger partial charge in [0.25, 0.3) is 0 Å². The molecule has 31 heavy (non-hydrogen) atoms. The van der Waals surface area contributed by atoms with Crippen molar-refractivity contribution in [1.29, 1.82) is 0 Å². The third-order valence-corrected chi connectivity index (χ3v) is 5.29. The van der Waals surface area contributed by atoms with Crippen LogP contribution in [0.5, 0.6) is 0 Å². The van der Waals surface area contributed by atoms with Gasteiger partial charge in [0.05, 0.1) is 13.2 Å². The molecule has 3 aromatic rings. The average molecular weight is 421 g/mol. The molecule has 1 aliphatic rings. The fourth-order valence-corrected chi connectivity index (χ4v) is 3.60. The van der Waals surface area contributed by atoms with E-state index in [9.17, 15) is 4.79 Å². The number of aromatic nitrogens is 3. The van der Waals surface area contributed by atoms with Crippen LogP contribution in [0.15, 0.2) is 55.0 Å². The number of amides is 2. The van der Waals surface area contributed by atoms with Crippen LogP contribution in [0.1, 0.15) is 22.5 Å². The summed E-state index contributed by atoms with van der Waals surface area (Å²) in [7, 11) is 0. The maximum absolute atomic E-state index is 12.3. The van der Waals surface area contributed by atoms with Crippen LogP contribution in [-0.2, 0) is 24.4 Å². The van der Waals surface area contributed by atoms with Crippen molar-refractivity contribution in [3.63, 3.8) is 0 Å². The molecular weight excluding hydrogens is 392 g/mol. The van der Waals surface area contributed by atoms with E-state index in [1.54, 1.807) is 12.4 Å². The van der Waals surface area contributed by atoms with Crippen molar-refractivity contribution in [2.24, 2.45) is 0 Å². The molecule has 4 rings (SSSR count). The van der Waals surface area contributed by atoms with Crippen molar-refractivity contribution in [3.05, 3.63) is 77.5 Å². The van der Waals surface area contributed by atoms with Crippen LogP contribution in [0.25, 0.3) is 5.82 Å². The highest BCUT2D eigenvalue weighted by Gasteiger charge is 2.11. The summed E-state index contributed by atoms with van der Waals surface area (Å²) in [5.74, 6) is 1.65. The minimum atomic E-state index is -0.198. The molecule has 162 valence electrons. The maximum Gasteiger partial charge on any atom is 0.315 e. The molecule has 2 amide bonds. The van der Waals surface area contributed by atoms with Crippen molar-refractivity contribution in [1.82, 2.24) is 30.1 Å². The lowest BCUT2D eigenvalue weighted by Gasteiger charge is -2.26. The molecule has 1 fully saturated rings. The van der Waals surface area contributed by atoms with Crippen LogP contribution >= 0.6 is 0 Å². The van der Waals surface area contributed by atoms with Crippen LogP contribution in [0.4, 0.5) is 4.79 Å². The third kappa shape index (κ3) is 5.90. The number of aryl methyl sites for hydroxylation is 1. The fraction of sp³-hybridized carbons (Fsp3) is 0.348. The summed E-state index contributed by atoms with van der Waals surface area (Å²) >= 11 is 0. The number of ether oxygens (including phenoxy) is 1. The second kappa shape index (κ2) is 10.2. The van der Waals surface area contributed by atoms with Crippen molar-refractivity contribution in [2.75, 3.05) is 26.3 Å². The number of carbonyl (C=O) groups excluding carboxylic acids is 1. The number of rotatable bonds is 7. The zero-order valence-corrected chi connectivity index (χ0v) is 17.8. The first-order chi connectivity index (χ1) is 15.2. The van der Waals surface area contributed by atoms with E-state index in [2.05, 4.69) is 37.6 Å². The quantitative estimate of drug-likeness (QED) is 0.613. The Morgan fingerprint density at radius 1 is 1.00 bits per heavy atom. The minimum Gasteiger partial charge on any atom is -0.379 e. The number of pyridine rings is 1. The molecule has 0 radical (unpaired) electrons. The van der Waals surface area contributed by atoms with E-state index in [0.717, 1.165) is 55.6 Å². The molecule has 2 aromatic heterocycles. The number of urea groups is 1. The van der Waals surface area contributed by atoms with Crippen LogP contribution in [0, 0.1) is 6.92 Å². The van der Waals surface area contributed by atoms with Gasteiger partial charge in [-0.25, -0.2) is 14.8 Å². The van der Waals surface area contributed by atoms with Gasteiger partial charge in [-0.05, 0) is 35.7 Å². The number of imidazole rings is 1. The summed E-state index contributed by atoms with van der Waals surface area (Å²) in [5.41, 5.74) is 3.31. The molecule has 1 saturated heterocycles. The van der Waals surface area contributed by atoms with Crippen LogP contribution in [0.2, 0.25) is 0 Å². The van der Waals surface area contributed by atoms with E-state index in [4.69, 9.17) is 4.74 Å². The highest BCUT2D eigenvalue weighted by Crippen LogP contribution is 2.11. The van der Waals surface area contributed by atoms with E-state index >= 15 is 0 Å². The zero-order valence-electron chi connectivity index (χ0n) is 17.8. The Kier molecular flexibility index (Phi) is 6.91. The number of hydrogen-bond acceptors (Lipinski definition) is 5. The Morgan fingerprint density at radius 3 is 2.48 bits per heavy atom. The lowest BCUT2D eigenvalue weighted by Crippen LogP contribution is -2.35. The predicted molar refractivity (Wildman–Crippen MR) is 118 cm³/mol. The van der Waals surface area contributed by atoms with Gasteiger partial charge in [0.1, 0.15) is 11.6 Å².